The topological polar surface area (TPSA) is 66.0 Å². The first-order valence-corrected chi connectivity index (χ1v) is 9.66. The molecule has 1 amide bonds. The van der Waals surface area contributed by atoms with Crippen molar-refractivity contribution in [2.24, 2.45) is 0 Å². The fourth-order valence-electron chi connectivity index (χ4n) is 1.50. The number of carbonyl (C=O) groups excluding carboxylic acids is 1. The molecule has 0 spiro atoms. The first-order chi connectivity index (χ1) is 11.5. The van der Waals surface area contributed by atoms with E-state index in [1.165, 1.54) is 0 Å². The van der Waals surface area contributed by atoms with Crippen LogP contribution in [0, 0.1) is 0 Å². The Morgan fingerprint density at radius 1 is 0.833 bits per heavy atom. The van der Waals surface area contributed by atoms with Crippen LogP contribution >= 0.6 is 11.8 Å². The molecule has 0 saturated heterocycles. The standard InChI is InChI=1S/C17H35NO5S/c1-5-7-20-9-11-22-13-14-23-12-10-21-8-6-18-16(19)15-24-17(2,3)4/h5-15H2,1-4H3,(H,18,19). The van der Waals surface area contributed by atoms with Gasteiger partial charge in [0.1, 0.15) is 0 Å². The summed E-state index contributed by atoms with van der Waals surface area (Å²) < 4.78 is 21.5. The second-order valence-electron chi connectivity index (χ2n) is 6.20. The molecule has 0 atom stereocenters. The van der Waals surface area contributed by atoms with E-state index in [2.05, 4.69) is 33.0 Å². The largest absolute Gasteiger partial charge is 0.379 e. The number of amides is 1. The van der Waals surface area contributed by atoms with Gasteiger partial charge in [0.05, 0.1) is 52.0 Å². The van der Waals surface area contributed by atoms with Crippen molar-refractivity contribution in [3.05, 3.63) is 0 Å². The summed E-state index contributed by atoms with van der Waals surface area (Å²) in [6.07, 6.45) is 1.03. The monoisotopic (exact) mass is 365 g/mol. The summed E-state index contributed by atoms with van der Waals surface area (Å²) in [5, 5.41) is 2.84. The number of ether oxygens (including phenoxy) is 4. The van der Waals surface area contributed by atoms with E-state index in [0.29, 0.717) is 58.5 Å². The van der Waals surface area contributed by atoms with Gasteiger partial charge >= 0.3 is 0 Å². The summed E-state index contributed by atoms with van der Waals surface area (Å²) >= 11 is 1.64. The van der Waals surface area contributed by atoms with Gasteiger partial charge in [-0.3, -0.25) is 4.79 Å². The van der Waals surface area contributed by atoms with Crippen LogP contribution in [0.3, 0.4) is 0 Å². The van der Waals surface area contributed by atoms with Crippen molar-refractivity contribution in [2.75, 3.05) is 65.2 Å². The fourth-order valence-corrected chi connectivity index (χ4v) is 2.17. The van der Waals surface area contributed by atoms with Gasteiger partial charge in [-0.25, -0.2) is 0 Å². The Hall–Kier alpha value is -0.340. The van der Waals surface area contributed by atoms with Crippen LogP contribution in [0.15, 0.2) is 0 Å². The van der Waals surface area contributed by atoms with Crippen molar-refractivity contribution >= 4 is 17.7 Å². The number of thioether (sulfide) groups is 1. The third-order valence-corrected chi connectivity index (χ3v) is 3.94. The highest BCUT2D eigenvalue weighted by Gasteiger charge is 2.12. The van der Waals surface area contributed by atoms with Crippen LogP contribution in [-0.4, -0.2) is 75.8 Å². The summed E-state index contributed by atoms with van der Waals surface area (Å²) in [6, 6.07) is 0. The van der Waals surface area contributed by atoms with Crippen molar-refractivity contribution in [3.63, 3.8) is 0 Å². The highest BCUT2D eigenvalue weighted by atomic mass is 32.2. The zero-order chi connectivity index (χ0) is 18.1. The molecular weight excluding hydrogens is 330 g/mol. The predicted molar refractivity (Wildman–Crippen MR) is 98.8 cm³/mol. The summed E-state index contributed by atoms with van der Waals surface area (Å²) in [5.41, 5.74) is 0. The van der Waals surface area contributed by atoms with Gasteiger partial charge in [0.15, 0.2) is 0 Å². The lowest BCUT2D eigenvalue weighted by Crippen LogP contribution is -2.30. The fraction of sp³-hybridized carbons (Fsp3) is 0.941. The molecule has 144 valence electrons. The molecule has 0 saturated carbocycles. The Bertz CT molecular complexity index is 297. The van der Waals surface area contributed by atoms with Crippen molar-refractivity contribution in [2.45, 2.75) is 38.9 Å². The Morgan fingerprint density at radius 2 is 1.29 bits per heavy atom. The molecule has 0 aromatic rings. The SMILES string of the molecule is CCCOCCOCCOCCOCCNC(=O)CSC(C)(C)C. The van der Waals surface area contributed by atoms with Gasteiger partial charge in [0, 0.05) is 17.9 Å². The second-order valence-corrected chi connectivity index (χ2v) is 8.00. The Labute approximate surface area is 151 Å². The van der Waals surface area contributed by atoms with Gasteiger partial charge in [-0.15, -0.1) is 11.8 Å². The van der Waals surface area contributed by atoms with Crippen molar-refractivity contribution in [1.82, 2.24) is 5.32 Å². The maximum atomic E-state index is 11.6. The van der Waals surface area contributed by atoms with E-state index >= 15 is 0 Å². The van der Waals surface area contributed by atoms with Crippen molar-refractivity contribution in [3.8, 4) is 0 Å². The van der Waals surface area contributed by atoms with Gasteiger partial charge in [-0.2, -0.15) is 0 Å². The van der Waals surface area contributed by atoms with Crippen LogP contribution in [0.4, 0.5) is 0 Å². The molecule has 0 aliphatic heterocycles. The summed E-state index contributed by atoms with van der Waals surface area (Å²) in [4.78, 5) is 11.6. The van der Waals surface area contributed by atoms with E-state index in [-0.39, 0.29) is 10.7 Å². The highest BCUT2D eigenvalue weighted by molar-refractivity contribution is 8.01. The molecule has 6 nitrogen and oxygen atoms in total. The summed E-state index contributed by atoms with van der Waals surface area (Å²) in [7, 11) is 0. The predicted octanol–water partition coefficient (Wildman–Crippen LogP) is 2.11. The van der Waals surface area contributed by atoms with E-state index in [1.54, 1.807) is 11.8 Å². The lowest BCUT2D eigenvalue weighted by molar-refractivity contribution is -0.118. The lowest BCUT2D eigenvalue weighted by atomic mass is 10.3. The smallest absolute Gasteiger partial charge is 0.230 e. The zero-order valence-corrected chi connectivity index (χ0v) is 16.5. The minimum atomic E-state index is 0.0508. The van der Waals surface area contributed by atoms with Crippen LogP contribution in [0.5, 0.6) is 0 Å². The molecule has 0 bridgehead atoms. The maximum absolute atomic E-state index is 11.6. The van der Waals surface area contributed by atoms with Crippen LogP contribution in [0.2, 0.25) is 0 Å². The normalized spacial score (nSPS) is 11.7. The van der Waals surface area contributed by atoms with Gasteiger partial charge in [0.25, 0.3) is 0 Å². The second kappa shape index (κ2) is 16.1. The van der Waals surface area contributed by atoms with Crippen LogP contribution in [-0.2, 0) is 23.7 Å². The molecule has 0 fully saturated rings. The van der Waals surface area contributed by atoms with Crippen molar-refractivity contribution < 1.29 is 23.7 Å². The number of hydrogen-bond donors (Lipinski definition) is 1. The highest BCUT2D eigenvalue weighted by Crippen LogP contribution is 2.22. The molecule has 24 heavy (non-hydrogen) atoms. The molecule has 0 aromatic carbocycles. The molecule has 0 rings (SSSR count). The molecule has 1 N–H and O–H groups in total. The van der Waals surface area contributed by atoms with Gasteiger partial charge in [-0.1, -0.05) is 27.7 Å². The lowest BCUT2D eigenvalue weighted by Gasteiger charge is -2.16. The molecule has 0 radical (unpaired) electrons. The molecule has 0 aliphatic rings. The van der Waals surface area contributed by atoms with Crippen LogP contribution in [0.25, 0.3) is 0 Å². The van der Waals surface area contributed by atoms with Crippen molar-refractivity contribution in [1.29, 1.82) is 0 Å². The Balaban J connectivity index is 3.16. The van der Waals surface area contributed by atoms with Gasteiger partial charge in [0.2, 0.25) is 5.91 Å². The maximum Gasteiger partial charge on any atom is 0.230 e. The first-order valence-electron chi connectivity index (χ1n) is 8.67. The number of carbonyl (C=O) groups is 1. The van der Waals surface area contributed by atoms with E-state index in [0.717, 1.165) is 13.0 Å². The van der Waals surface area contributed by atoms with E-state index in [4.69, 9.17) is 18.9 Å². The first kappa shape index (κ1) is 23.7. The average Bonchev–Trinajstić information content (AvgIpc) is 2.52. The molecule has 0 aromatic heterocycles. The quantitative estimate of drug-likeness (QED) is 0.423. The molecule has 0 aliphatic carbocycles. The molecule has 0 unspecified atom stereocenters. The third-order valence-electron chi connectivity index (χ3n) is 2.67. The minimum absolute atomic E-state index is 0.0508. The van der Waals surface area contributed by atoms with Gasteiger partial charge in [-0.05, 0) is 6.42 Å². The summed E-state index contributed by atoms with van der Waals surface area (Å²) in [6.45, 7) is 13.6. The van der Waals surface area contributed by atoms with E-state index in [9.17, 15) is 4.79 Å². The Morgan fingerprint density at radius 3 is 1.75 bits per heavy atom. The number of rotatable bonds is 16. The number of hydrogen-bond acceptors (Lipinski definition) is 6. The van der Waals surface area contributed by atoms with Crippen LogP contribution in [0.1, 0.15) is 34.1 Å². The van der Waals surface area contributed by atoms with E-state index in [1.807, 2.05) is 0 Å². The van der Waals surface area contributed by atoms with Gasteiger partial charge < -0.3 is 24.3 Å². The van der Waals surface area contributed by atoms with E-state index < -0.39 is 0 Å². The average molecular weight is 366 g/mol. The van der Waals surface area contributed by atoms with Crippen LogP contribution < -0.4 is 5.32 Å². The number of nitrogens with one attached hydrogen (secondary N) is 1. The molecule has 0 heterocycles. The third kappa shape index (κ3) is 19.7. The molecular formula is C17H35NO5S. The molecule has 7 heteroatoms. The Kier molecular flexibility index (Phi) is 15.9. The zero-order valence-electron chi connectivity index (χ0n) is 15.7. The summed E-state index contributed by atoms with van der Waals surface area (Å²) in [5.74, 6) is 0.533. The minimum Gasteiger partial charge on any atom is -0.379 e.